The molecule has 0 saturated carbocycles. The minimum absolute atomic E-state index is 0.140. The molecule has 2 N–H and O–H groups in total. The molecule has 0 atom stereocenters. The molecule has 0 aromatic heterocycles. The van der Waals surface area contributed by atoms with Gasteiger partial charge in [0.05, 0.1) is 0 Å². The molecule has 1 rings (SSSR count). The van der Waals surface area contributed by atoms with E-state index in [1.165, 1.54) is 0 Å². The average molecular weight is 282 g/mol. The molecule has 19 heavy (non-hydrogen) atoms. The lowest BCUT2D eigenvalue weighted by molar-refractivity contribution is -0.192. The lowest BCUT2D eigenvalue weighted by atomic mass is 10.3. The summed E-state index contributed by atoms with van der Waals surface area (Å²) in [5.41, 5.74) is 0. The Hall–Kier alpha value is -1.57. The molecule has 1 aliphatic heterocycles. The van der Waals surface area contributed by atoms with Crippen molar-refractivity contribution in [2.45, 2.75) is 19.5 Å². The summed E-state index contributed by atoms with van der Waals surface area (Å²) in [6.45, 7) is 5.54. The van der Waals surface area contributed by atoms with E-state index in [-0.39, 0.29) is 5.91 Å². The second-order valence-electron chi connectivity index (χ2n) is 3.73. The molecule has 0 unspecified atom stereocenters. The normalized spacial score (nSPS) is 16.5. The summed E-state index contributed by atoms with van der Waals surface area (Å²) in [6.07, 6.45) is -0.602. The monoisotopic (exact) mass is 282 g/mol. The number of nitrogens with one attached hydrogen (secondary N) is 1. The quantitative estimate of drug-likeness (QED) is 0.704. The van der Waals surface area contributed by atoms with Crippen molar-refractivity contribution >= 4 is 11.9 Å². The first-order chi connectivity index (χ1) is 8.79. The average Bonchev–Trinajstić information content (AvgIpc) is 2.57. The van der Waals surface area contributed by atoms with E-state index in [1.54, 1.807) is 12.2 Å². The topological polar surface area (TPSA) is 69.6 Å². The summed E-state index contributed by atoms with van der Waals surface area (Å²) in [6, 6.07) is 0. The van der Waals surface area contributed by atoms with Gasteiger partial charge in [0.2, 0.25) is 5.91 Å². The van der Waals surface area contributed by atoms with Crippen LogP contribution >= 0.6 is 0 Å². The number of hydrogen-bond acceptors (Lipinski definition) is 3. The second-order valence-corrected chi connectivity index (χ2v) is 3.73. The summed E-state index contributed by atoms with van der Waals surface area (Å²) in [7, 11) is 0. The van der Waals surface area contributed by atoms with Crippen molar-refractivity contribution in [1.82, 2.24) is 10.2 Å². The SMILES string of the molecule is C/C=C/C(=O)N1CCCNCC1.O=C(O)C(F)(F)F. The van der Waals surface area contributed by atoms with Crippen LogP contribution in [-0.2, 0) is 9.59 Å². The molecule has 1 fully saturated rings. The lowest BCUT2D eigenvalue weighted by Crippen LogP contribution is -2.32. The van der Waals surface area contributed by atoms with Crippen LogP contribution in [0.5, 0.6) is 0 Å². The molecule has 1 aliphatic rings. The van der Waals surface area contributed by atoms with Gasteiger partial charge in [-0.05, 0) is 26.0 Å². The van der Waals surface area contributed by atoms with Crippen molar-refractivity contribution in [3.05, 3.63) is 12.2 Å². The predicted molar refractivity (Wildman–Crippen MR) is 62.6 cm³/mol. The lowest BCUT2D eigenvalue weighted by Gasteiger charge is -2.17. The number of carbonyl (C=O) groups is 2. The summed E-state index contributed by atoms with van der Waals surface area (Å²) in [5.74, 6) is -2.62. The number of halogens is 3. The van der Waals surface area contributed by atoms with Crippen molar-refractivity contribution in [2.24, 2.45) is 0 Å². The Morgan fingerprint density at radius 3 is 2.32 bits per heavy atom. The van der Waals surface area contributed by atoms with Gasteiger partial charge >= 0.3 is 12.1 Å². The van der Waals surface area contributed by atoms with Crippen LogP contribution in [0, 0.1) is 0 Å². The standard InChI is InChI=1S/C9H16N2O.C2HF3O2/c1-2-4-9(12)11-7-3-5-10-6-8-11;3-2(4,5)1(6)7/h2,4,10H,3,5-8H2,1H3;(H,6,7)/b4-2+;. The fourth-order valence-electron chi connectivity index (χ4n) is 1.31. The minimum atomic E-state index is -5.08. The largest absolute Gasteiger partial charge is 0.490 e. The molecule has 5 nitrogen and oxygen atoms in total. The number of alkyl halides is 3. The van der Waals surface area contributed by atoms with Crippen molar-refractivity contribution in [3.63, 3.8) is 0 Å². The maximum absolute atomic E-state index is 11.4. The Morgan fingerprint density at radius 1 is 1.26 bits per heavy atom. The highest BCUT2D eigenvalue weighted by atomic mass is 19.4. The van der Waals surface area contributed by atoms with Crippen molar-refractivity contribution in [1.29, 1.82) is 0 Å². The fraction of sp³-hybridized carbons (Fsp3) is 0.636. The van der Waals surface area contributed by atoms with Gasteiger partial charge in [0, 0.05) is 19.6 Å². The zero-order chi connectivity index (χ0) is 14.9. The molecule has 1 heterocycles. The summed E-state index contributed by atoms with van der Waals surface area (Å²) in [4.78, 5) is 22.1. The number of amides is 1. The molecule has 8 heteroatoms. The minimum Gasteiger partial charge on any atom is -0.475 e. The Morgan fingerprint density at radius 2 is 1.84 bits per heavy atom. The zero-order valence-corrected chi connectivity index (χ0v) is 10.5. The number of nitrogens with zero attached hydrogens (tertiary/aromatic N) is 1. The highest BCUT2D eigenvalue weighted by Gasteiger charge is 2.38. The summed E-state index contributed by atoms with van der Waals surface area (Å²) < 4.78 is 31.7. The van der Waals surface area contributed by atoms with Crippen molar-refractivity contribution < 1.29 is 27.9 Å². The third-order valence-electron chi connectivity index (χ3n) is 2.20. The van der Waals surface area contributed by atoms with E-state index in [9.17, 15) is 18.0 Å². The Bertz CT molecular complexity index is 322. The summed E-state index contributed by atoms with van der Waals surface area (Å²) in [5, 5.41) is 10.4. The van der Waals surface area contributed by atoms with Crippen LogP contribution in [0.2, 0.25) is 0 Å². The molecule has 1 saturated heterocycles. The number of aliphatic carboxylic acids is 1. The van der Waals surface area contributed by atoms with E-state index in [2.05, 4.69) is 5.32 Å². The molecule has 0 radical (unpaired) electrons. The van der Waals surface area contributed by atoms with Gasteiger partial charge in [-0.15, -0.1) is 0 Å². The number of carboxylic acid groups (broad SMARTS) is 1. The number of carboxylic acids is 1. The number of rotatable bonds is 1. The molecule has 0 spiro atoms. The van der Waals surface area contributed by atoms with E-state index < -0.39 is 12.1 Å². The highest BCUT2D eigenvalue weighted by molar-refractivity contribution is 5.87. The van der Waals surface area contributed by atoms with Crippen LogP contribution in [0.4, 0.5) is 13.2 Å². The fourth-order valence-corrected chi connectivity index (χ4v) is 1.31. The molecule has 0 aromatic carbocycles. The van der Waals surface area contributed by atoms with Crippen LogP contribution < -0.4 is 5.32 Å². The number of carbonyl (C=O) groups excluding carboxylic acids is 1. The molecular formula is C11H17F3N2O3. The van der Waals surface area contributed by atoms with E-state index in [4.69, 9.17) is 9.90 Å². The molecule has 0 aliphatic carbocycles. The van der Waals surface area contributed by atoms with Gasteiger partial charge in [-0.1, -0.05) is 6.08 Å². The molecule has 0 bridgehead atoms. The van der Waals surface area contributed by atoms with Gasteiger partial charge in [0.15, 0.2) is 0 Å². The third-order valence-corrected chi connectivity index (χ3v) is 2.20. The van der Waals surface area contributed by atoms with E-state index in [1.807, 2.05) is 11.8 Å². The van der Waals surface area contributed by atoms with Gasteiger partial charge in [-0.25, -0.2) is 4.79 Å². The van der Waals surface area contributed by atoms with Crippen LogP contribution in [0.3, 0.4) is 0 Å². The first-order valence-corrected chi connectivity index (χ1v) is 5.71. The third kappa shape index (κ3) is 8.20. The maximum atomic E-state index is 11.4. The highest BCUT2D eigenvalue weighted by Crippen LogP contribution is 2.13. The molecular weight excluding hydrogens is 265 g/mol. The smallest absolute Gasteiger partial charge is 0.475 e. The van der Waals surface area contributed by atoms with Crippen LogP contribution in [-0.4, -0.2) is 54.2 Å². The Balaban J connectivity index is 0.000000399. The van der Waals surface area contributed by atoms with E-state index in [0.29, 0.717) is 0 Å². The first-order valence-electron chi connectivity index (χ1n) is 5.71. The second kappa shape index (κ2) is 8.52. The van der Waals surface area contributed by atoms with Gasteiger partial charge < -0.3 is 15.3 Å². The molecule has 0 aromatic rings. The maximum Gasteiger partial charge on any atom is 0.490 e. The Kier molecular flexibility index (Phi) is 7.81. The van der Waals surface area contributed by atoms with Crippen molar-refractivity contribution in [3.8, 4) is 0 Å². The van der Waals surface area contributed by atoms with Crippen LogP contribution in [0.25, 0.3) is 0 Å². The first kappa shape index (κ1) is 17.4. The zero-order valence-electron chi connectivity index (χ0n) is 10.5. The van der Waals surface area contributed by atoms with Crippen LogP contribution in [0.1, 0.15) is 13.3 Å². The van der Waals surface area contributed by atoms with Crippen LogP contribution in [0.15, 0.2) is 12.2 Å². The molecule has 1 amide bonds. The molecule has 110 valence electrons. The number of hydrogen-bond donors (Lipinski definition) is 2. The van der Waals surface area contributed by atoms with E-state index in [0.717, 1.165) is 32.6 Å². The summed E-state index contributed by atoms with van der Waals surface area (Å²) >= 11 is 0. The van der Waals surface area contributed by atoms with Crippen molar-refractivity contribution in [2.75, 3.05) is 26.2 Å². The number of allylic oxidation sites excluding steroid dienone is 1. The van der Waals surface area contributed by atoms with Gasteiger partial charge in [-0.2, -0.15) is 13.2 Å². The van der Waals surface area contributed by atoms with Gasteiger partial charge in [-0.3, -0.25) is 4.79 Å². The van der Waals surface area contributed by atoms with Gasteiger partial charge in [0.1, 0.15) is 0 Å². The van der Waals surface area contributed by atoms with E-state index >= 15 is 0 Å². The van der Waals surface area contributed by atoms with Gasteiger partial charge in [0.25, 0.3) is 0 Å². The predicted octanol–water partition coefficient (Wildman–Crippen LogP) is 1.02. The Labute approximate surface area is 109 Å².